The molecule has 0 radical (unpaired) electrons. The van der Waals surface area contributed by atoms with Crippen molar-refractivity contribution in [3.05, 3.63) is 24.0 Å². The van der Waals surface area contributed by atoms with E-state index in [1.165, 1.54) is 4.31 Å². The van der Waals surface area contributed by atoms with Crippen molar-refractivity contribution in [2.24, 2.45) is 5.73 Å². The van der Waals surface area contributed by atoms with Gasteiger partial charge < -0.3 is 5.73 Å². The smallest absolute Gasteiger partial charge is 0.244 e. The van der Waals surface area contributed by atoms with Gasteiger partial charge in [0, 0.05) is 25.8 Å². The van der Waals surface area contributed by atoms with Crippen LogP contribution in [0.25, 0.3) is 0 Å². The maximum Gasteiger partial charge on any atom is 0.244 e. The van der Waals surface area contributed by atoms with E-state index in [0.29, 0.717) is 18.8 Å². The second kappa shape index (κ2) is 6.82. The van der Waals surface area contributed by atoms with Gasteiger partial charge in [-0.2, -0.15) is 4.31 Å². The van der Waals surface area contributed by atoms with Crippen LogP contribution in [0.4, 0.5) is 0 Å². The molecular weight excluding hydrogens is 250 g/mol. The Morgan fingerprint density at radius 1 is 1.28 bits per heavy atom. The maximum atomic E-state index is 12.5. The van der Waals surface area contributed by atoms with Gasteiger partial charge in [-0.05, 0) is 25.0 Å². The molecule has 0 unspecified atom stereocenters. The lowest BCUT2D eigenvalue weighted by atomic mass is 10.3. The summed E-state index contributed by atoms with van der Waals surface area (Å²) in [7, 11) is -3.48. The van der Waals surface area contributed by atoms with Crippen molar-refractivity contribution in [2.75, 3.05) is 13.1 Å². The molecular formula is C12H21N3O2S. The Hall–Kier alpha value is -0.980. The van der Waals surface area contributed by atoms with Crippen LogP contribution in [-0.2, 0) is 16.6 Å². The molecule has 0 fully saturated rings. The normalized spacial score (nSPS) is 12.0. The number of hydrogen-bond acceptors (Lipinski definition) is 4. The molecule has 0 aliphatic heterocycles. The Bertz CT molecular complexity index is 468. The molecule has 6 heteroatoms. The van der Waals surface area contributed by atoms with Crippen molar-refractivity contribution in [3.8, 4) is 0 Å². The van der Waals surface area contributed by atoms with Crippen LogP contribution in [0, 0.1) is 0 Å². The molecule has 0 bridgehead atoms. The molecule has 0 spiro atoms. The Morgan fingerprint density at radius 2 is 1.89 bits per heavy atom. The molecule has 5 nitrogen and oxygen atoms in total. The fourth-order valence-corrected chi connectivity index (χ4v) is 3.61. The predicted molar refractivity (Wildman–Crippen MR) is 71.5 cm³/mol. The number of aromatic nitrogens is 1. The molecule has 0 atom stereocenters. The summed E-state index contributed by atoms with van der Waals surface area (Å²) in [6, 6.07) is 3.20. The Morgan fingerprint density at radius 3 is 2.39 bits per heavy atom. The molecule has 0 saturated carbocycles. The third-order valence-electron chi connectivity index (χ3n) is 2.61. The van der Waals surface area contributed by atoms with Gasteiger partial charge in [0.15, 0.2) is 0 Å². The lowest BCUT2D eigenvalue weighted by Crippen LogP contribution is -2.33. The van der Waals surface area contributed by atoms with Crippen molar-refractivity contribution in [3.63, 3.8) is 0 Å². The van der Waals surface area contributed by atoms with Gasteiger partial charge in [0.25, 0.3) is 0 Å². The van der Waals surface area contributed by atoms with Crippen molar-refractivity contribution in [1.29, 1.82) is 0 Å². The van der Waals surface area contributed by atoms with Gasteiger partial charge in [-0.25, -0.2) is 8.42 Å². The van der Waals surface area contributed by atoms with Crippen LogP contribution in [0.15, 0.2) is 23.2 Å². The first-order chi connectivity index (χ1) is 8.57. The van der Waals surface area contributed by atoms with E-state index in [1.807, 2.05) is 13.8 Å². The molecule has 102 valence electrons. The minimum atomic E-state index is -3.48. The Labute approximate surface area is 109 Å². The summed E-state index contributed by atoms with van der Waals surface area (Å²) in [5.74, 6) is 0. The quantitative estimate of drug-likeness (QED) is 0.812. The molecule has 1 rings (SSSR count). The second-order valence-electron chi connectivity index (χ2n) is 4.06. The van der Waals surface area contributed by atoms with E-state index in [-0.39, 0.29) is 11.4 Å². The van der Waals surface area contributed by atoms with Gasteiger partial charge in [0.2, 0.25) is 10.0 Å². The maximum absolute atomic E-state index is 12.5. The first-order valence-corrected chi connectivity index (χ1v) is 7.66. The van der Waals surface area contributed by atoms with E-state index in [4.69, 9.17) is 5.73 Å². The highest BCUT2D eigenvalue weighted by Crippen LogP contribution is 2.18. The average molecular weight is 271 g/mol. The first kappa shape index (κ1) is 15.1. The summed E-state index contributed by atoms with van der Waals surface area (Å²) < 4.78 is 26.5. The van der Waals surface area contributed by atoms with Gasteiger partial charge in [-0.3, -0.25) is 4.98 Å². The minimum Gasteiger partial charge on any atom is -0.325 e. The number of nitrogens with zero attached hydrogens (tertiary/aromatic N) is 2. The largest absolute Gasteiger partial charge is 0.325 e. The van der Waals surface area contributed by atoms with Crippen molar-refractivity contribution in [2.45, 2.75) is 38.1 Å². The molecule has 0 aromatic carbocycles. The molecule has 0 aliphatic rings. The molecule has 0 saturated heterocycles. The zero-order chi connectivity index (χ0) is 13.6. The van der Waals surface area contributed by atoms with Gasteiger partial charge in [0.05, 0.1) is 5.69 Å². The average Bonchev–Trinajstić information content (AvgIpc) is 2.38. The van der Waals surface area contributed by atoms with Gasteiger partial charge in [-0.1, -0.05) is 13.8 Å². The van der Waals surface area contributed by atoms with Crippen LogP contribution < -0.4 is 5.73 Å². The van der Waals surface area contributed by atoms with E-state index in [2.05, 4.69) is 4.98 Å². The summed E-state index contributed by atoms with van der Waals surface area (Å²) in [6.45, 7) is 5.10. The van der Waals surface area contributed by atoms with Gasteiger partial charge in [0.1, 0.15) is 4.90 Å². The van der Waals surface area contributed by atoms with E-state index in [0.717, 1.165) is 12.8 Å². The van der Waals surface area contributed by atoms with Crippen LogP contribution in [0.3, 0.4) is 0 Å². The number of pyridine rings is 1. The predicted octanol–water partition coefficient (Wildman–Crippen LogP) is 1.35. The van der Waals surface area contributed by atoms with Crippen molar-refractivity contribution in [1.82, 2.24) is 9.29 Å². The van der Waals surface area contributed by atoms with Crippen LogP contribution in [0.1, 0.15) is 32.4 Å². The Balaban J connectivity index is 3.17. The van der Waals surface area contributed by atoms with Crippen molar-refractivity contribution >= 4 is 10.0 Å². The lowest BCUT2D eigenvalue weighted by Gasteiger charge is -2.21. The van der Waals surface area contributed by atoms with E-state index < -0.39 is 10.0 Å². The standard InChI is InChI=1S/C12H21N3O2S/c1-3-8-15(9-4-2)18(16,17)12-6-5-7-14-11(12)10-13/h5-7H,3-4,8-10,13H2,1-2H3. The highest BCUT2D eigenvalue weighted by molar-refractivity contribution is 7.89. The second-order valence-corrected chi connectivity index (χ2v) is 5.96. The van der Waals surface area contributed by atoms with Crippen LogP contribution in [0.5, 0.6) is 0 Å². The SMILES string of the molecule is CCCN(CCC)S(=O)(=O)c1cccnc1CN. The summed E-state index contributed by atoms with van der Waals surface area (Å²) in [5.41, 5.74) is 5.98. The first-order valence-electron chi connectivity index (χ1n) is 6.22. The molecule has 2 N–H and O–H groups in total. The van der Waals surface area contributed by atoms with Gasteiger partial charge >= 0.3 is 0 Å². The molecule has 1 heterocycles. The van der Waals surface area contributed by atoms with Crippen LogP contribution >= 0.6 is 0 Å². The topological polar surface area (TPSA) is 76.3 Å². The fraction of sp³-hybridized carbons (Fsp3) is 0.583. The zero-order valence-electron chi connectivity index (χ0n) is 11.0. The summed E-state index contributed by atoms with van der Waals surface area (Å²) in [4.78, 5) is 4.27. The molecule has 0 aliphatic carbocycles. The van der Waals surface area contributed by atoms with E-state index in [9.17, 15) is 8.42 Å². The fourth-order valence-electron chi connectivity index (χ4n) is 1.80. The molecule has 18 heavy (non-hydrogen) atoms. The third kappa shape index (κ3) is 3.28. The number of hydrogen-bond donors (Lipinski definition) is 1. The highest BCUT2D eigenvalue weighted by Gasteiger charge is 2.25. The minimum absolute atomic E-state index is 0.126. The molecule has 0 amide bonds. The lowest BCUT2D eigenvalue weighted by molar-refractivity contribution is 0.409. The number of nitrogens with two attached hydrogens (primary N) is 1. The summed E-state index contributed by atoms with van der Waals surface area (Å²) >= 11 is 0. The van der Waals surface area contributed by atoms with E-state index >= 15 is 0 Å². The zero-order valence-corrected chi connectivity index (χ0v) is 11.8. The number of rotatable bonds is 7. The Kier molecular flexibility index (Phi) is 5.71. The van der Waals surface area contributed by atoms with E-state index in [1.54, 1.807) is 18.3 Å². The summed E-state index contributed by atoms with van der Waals surface area (Å²) in [6.07, 6.45) is 3.14. The van der Waals surface area contributed by atoms with Crippen LogP contribution in [0.2, 0.25) is 0 Å². The summed E-state index contributed by atoms with van der Waals surface area (Å²) in [5, 5.41) is 0. The van der Waals surface area contributed by atoms with Crippen molar-refractivity contribution < 1.29 is 8.42 Å². The highest BCUT2D eigenvalue weighted by atomic mass is 32.2. The monoisotopic (exact) mass is 271 g/mol. The van der Waals surface area contributed by atoms with Crippen LogP contribution in [-0.4, -0.2) is 30.8 Å². The third-order valence-corrected chi connectivity index (χ3v) is 4.58. The van der Waals surface area contributed by atoms with Gasteiger partial charge in [-0.15, -0.1) is 0 Å². The molecule has 1 aromatic rings. The molecule has 1 aromatic heterocycles. The number of sulfonamides is 1.